The molecule has 1 fully saturated rings. The van der Waals surface area contributed by atoms with Crippen LogP contribution in [0.4, 0.5) is 0 Å². The maximum Gasteiger partial charge on any atom is 0.160 e. The number of halogens is 1. The average molecular weight is 278 g/mol. The number of hydrogen-bond donors (Lipinski definition) is 0. The summed E-state index contributed by atoms with van der Waals surface area (Å²) in [6.07, 6.45) is 6.83. The molecule has 0 N–H and O–H groups in total. The van der Waals surface area contributed by atoms with Crippen molar-refractivity contribution in [2.45, 2.75) is 50.9 Å². The molecular weight excluding hydrogens is 258 g/mol. The van der Waals surface area contributed by atoms with E-state index in [4.69, 9.17) is 11.6 Å². The van der Waals surface area contributed by atoms with E-state index >= 15 is 0 Å². The minimum absolute atomic E-state index is 0.0754. The third kappa shape index (κ3) is 2.36. The predicted octanol–water partition coefficient (Wildman–Crippen LogP) is 4.48. The zero-order valence-electron chi connectivity index (χ0n) is 11.5. The second-order valence-corrected chi connectivity index (χ2v) is 6.37. The van der Waals surface area contributed by atoms with Crippen molar-refractivity contribution < 1.29 is 0 Å². The minimum atomic E-state index is -0.0754. The van der Waals surface area contributed by atoms with E-state index in [1.54, 1.807) is 0 Å². The molecule has 0 amide bonds. The zero-order valence-corrected chi connectivity index (χ0v) is 12.3. The Morgan fingerprint density at radius 1 is 1.32 bits per heavy atom. The molecule has 19 heavy (non-hydrogen) atoms. The van der Waals surface area contributed by atoms with Gasteiger partial charge in [0.1, 0.15) is 11.3 Å². The molecule has 1 aliphatic rings. The second-order valence-electron chi connectivity index (χ2n) is 5.72. The lowest BCUT2D eigenvalue weighted by Crippen LogP contribution is -2.19. The summed E-state index contributed by atoms with van der Waals surface area (Å²) >= 11 is 6.32. The fourth-order valence-electron chi connectivity index (χ4n) is 3.09. The van der Waals surface area contributed by atoms with Crippen molar-refractivity contribution >= 4 is 22.8 Å². The van der Waals surface area contributed by atoms with Crippen molar-refractivity contribution in [1.82, 2.24) is 14.5 Å². The zero-order chi connectivity index (χ0) is 13.4. The number of hydrogen-bond acceptors (Lipinski definition) is 2. The Labute approximate surface area is 119 Å². The number of imidazole rings is 1. The van der Waals surface area contributed by atoms with Gasteiger partial charge in [-0.15, -0.1) is 11.6 Å². The summed E-state index contributed by atoms with van der Waals surface area (Å²) < 4.78 is 2.29. The van der Waals surface area contributed by atoms with E-state index in [9.17, 15) is 0 Å². The molecule has 4 heteroatoms. The summed E-state index contributed by atoms with van der Waals surface area (Å²) in [7, 11) is 0. The maximum absolute atomic E-state index is 6.32. The van der Waals surface area contributed by atoms with Gasteiger partial charge in [0.25, 0.3) is 0 Å². The highest BCUT2D eigenvalue weighted by molar-refractivity contribution is 6.20. The number of nitrogens with zero attached hydrogens (tertiary/aromatic N) is 3. The van der Waals surface area contributed by atoms with Crippen LogP contribution in [0.15, 0.2) is 18.3 Å². The molecule has 1 atom stereocenters. The molecule has 0 radical (unpaired) electrons. The summed E-state index contributed by atoms with van der Waals surface area (Å²) in [5, 5.41) is -0.0754. The molecule has 2 heterocycles. The highest BCUT2D eigenvalue weighted by Crippen LogP contribution is 2.36. The summed E-state index contributed by atoms with van der Waals surface area (Å²) in [5.74, 6) is 1.81. The largest absolute Gasteiger partial charge is 0.308 e. The number of rotatable bonds is 2. The average Bonchev–Trinajstić information content (AvgIpc) is 2.79. The Morgan fingerprint density at radius 3 is 2.74 bits per heavy atom. The number of aromatic nitrogens is 3. The van der Waals surface area contributed by atoms with E-state index < -0.39 is 0 Å². The normalized spacial score (nSPS) is 25.6. The molecule has 1 unspecified atom stereocenters. The molecule has 2 aromatic rings. The maximum atomic E-state index is 6.32. The second kappa shape index (κ2) is 5.12. The topological polar surface area (TPSA) is 30.7 Å². The Balaban J connectivity index is 2.07. The summed E-state index contributed by atoms with van der Waals surface area (Å²) in [4.78, 5) is 9.20. The van der Waals surface area contributed by atoms with Crippen molar-refractivity contribution in [3.8, 4) is 0 Å². The molecule has 3 nitrogen and oxygen atoms in total. The third-order valence-electron chi connectivity index (χ3n) is 4.18. The van der Waals surface area contributed by atoms with E-state index in [2.05, 4.69) is 21.5 Å². The molecule has 1 aliphatic carbocycles. The van der Waals surface area contributed by atoms with Crippen molar-refractivity contribution in [2.75, 3.05) is 0 Å². The Bertz CT molecular complexity index is 568. The monoisotopic (exact) mass is 277 g/mol. The summed E-state index contributed by atoms with van der Waals surface area (Å²) in [6.45, 7) is 4.33. The van der Waals surface area contributed by atoms with Gasteiger partial charge in [-0.3, -0.25) is 0 Å². The highest BCUT2D eigenvalue weighted by Gasteiger charge is 2.25. The first-order valence-electron chi connectivity index (χ1n) is 7.13. The fraction of sp³-hybridized carbons (Fsp3) is 0.600. The van der Waals surface area contributed by atoms with Gasteiger partial charge in [-0.1, -0.05) is 6.92 Å². The van der Waals surface area contributed by atoms with Gasteiger partial charge in [-0.2, -0.15) is 0 Å². The van der Waals surface area contributed by atoms with Gasteiger partial charge in [-0.25, -0.2) is 9.97 Å². The smallest absolute Gasteiger partial charge is 0.160 e. The van der Waals surface area contributed by atoms with Crippen molar-refractivity contribution in [2.24, 2.45) is 5.92 Å². The molecular formula is C15H20ClN3. The van der Waals surface area contributed by atoms with Crippen LogP contribution >= 0.6 is 11.6 Å². The molecule has 1 saturated carbocycles. The lowest BCUT2D eigenvalue weighted by atomic mass is 9.87. The molecule has 2 aromatic heterocycles. The molecule has 0 saturated heterocycles. The quantitative estimate of drug-likeness (QED) is 0.758. The van der Waals surface area contributed by atoms with E-state index in [1.165, 1.54) is 25.7 Å². The van der Waals surface area contributed by atoms with Crippen LogP contribution in [0.5, 0.6) is 0 Å². The first-order chi connectivity index (χ1) is 9.16. The molecule has 0 spiro atoms. The van der Waals surface area contributed by atoms with Gasteiger partial charge in [0, 0.05) is 12.2 Å². The molecule has 3 rings (SSSR count). The first kappa shape index (κ1) is 12.9. The van der Waals surface area contributed by atoms with Gasteiger partial charge >= 0.3 is 0 Å². The number of fused-ring (bicyclic) bond motifs is 1. The molecule has 0 aromatic carbocycles. The van der Waals surface area contributed by atoms with Gasteiger partial charge in [0.15, 0.2) is 5.65 Å². The Kier molecular flexibility index (Phi) is 3.48. The summed E-state index contributed by atoms with van der Waals surface area (Å²) in [6, 6.07) is 4.46. The number of pyridine rings is 1. The van der Waals surface area contributed by atoms with Crippen LogP contribution in [-0.4, -0.2) is 14.5 Å². The van der Waals surface area contributed by atoms with E-state index in [1.807, 2.05) is 25.3 Å². The van der Waals surface area contributed by atoms with Crippen LogP contribution in [-0.2, 0) is 0 Å². The van der Waals surface area contributed by atoms with Gasteiger partial charge in [-0.05, 0) is 50.7 Å². The predicted molar refractivity (Wildman–Crippen MR) is 78.5 cm³/mol. The van der Waals surface area contributed by atoms with Crippen LogP contribution in [0.1, 0.15) is 56.8 Å². The standard InChI is InChI=1S/C15H20ClN3/c1-10-5-7-12(8-6-10)19-14(11(2)16)18-13-4-3-9-17-15(13)19/h3-4,9-12H,5-8H2,1-2H3. The summed E-state index contributed by atoms with van der Waals surface area (Å²) in [5.41, 5.74) is 1.95. The van der Waals surface area contributed by atoms with Gasteiger partial charge in [0.2, 0.25) is 0 Å². The third-order valence-corrected chi connectivity index (χ3v) is 4.38. The SMILES string of the molecule is CC1CCC(n2c(C(C)Cl)nc3cccnc32)CC1. The lowest BCUT2D eigenvalue weighted by molar-refractivity contribution is 0.288. The van der Waals surface area contributed by atoms with E-state index in [0.717, 1.165) is 22.9 Å². The van der Waals surface area contributed by atoms with Crippen molar-refractivity contribution in [3.63, 3.8) is 0 Å². The van der Waals surface area contributed by atoms with Crippen LogP contribution in [0.25, 0.3) is 11.2 Å². The number of alkyl halides is 1. The molecule has 0 bridgehead atoms. The Morgan fingerprint density at radius 2 is 2.05 bits per heavy atom. The molecule has 0 aliphatic heterocycles. The minimum Gasteiger partial charge on any atom is -0.308 e. The van der Waals surface area contributed by atoms with Crippen LogP contribution in [0.2, 0.25) is 0 Å². The van der Waals surface area contributed by atoms with Crippen molar-refractivity contribution in [3.05, 3.63) is 24.2 Å². The Hall–Kier alpha value is -1.09. The van der Waals surface area contributed by atoms with Crippen LogP contribution in [0.3, 0.4) is 0 Å². The van der Waals surface area contributed by atoms with Gasteiger partial charge in [0.05, 0.1) is 5.38 Å². The highest BCUT2D eigenvalue weighted by atomic mass is 35.5. The van der Waals surface area contributed by atoms with Gasteiger partial charge < -0.3 is 4.57 Å². The van der Waals surface area contributed by atoms with E-state index in [0.29, 0.717) is 6.04 Å². The molecule has 102 valence electrons. The van der Waals surface area contributed by atoms with Crippen LogP contribution < -0.4 is 0 Å². The first-order valence-corrected chi connectivity index (χ1v) is 7.57. The van der Waals surface area contributed by atoms with E-state index in [-0.39, 0.29) is 5.38 Å². The fourth-order valence-corrected chi connectivity index (χ4v) is 3.24. The lowest BCUT2D eigenvalue weighted by Gasteiger charge is -2.29. The van der Waals surface area contributed by atoms with Crippen LogP contribution in [0, 0.1) is 5.92 Å². The van der Waals surface area contributed by atoms with Crippen molar-refractivity contribution in [1.29, 1.82) is 0 Å².